The molecule has 0 saturated carbocycles. The first kappa shape index (κ1) is 15.0. The van der Waals surface area contributed by atoms with Crippen LogP contribution in [0, 0.1) is 5.82 Å². The van der Waals surface area contributed by atoms with Crippen molar-refractivity contribution >= 4 is 27.5 Å². The third kappa shape index (κ3) is 2.86. The minimum absolute atomic E-state index is 0.0861. The zero-order valence-electron chi connectivity index (χ0n) is 12.2. The highest BCUT2D eigenvalue weighted by molar-refractivity contribution is 9.10. The van der Waals surface area contributed by atoms with Crippen molar-refractivity contribution in [2.24, 2.45) is 0 Å². The first-order valence-electron chi connectivity index (χ1n) is 7.09. The molecule has 0 bridgehead atoms. The molecule has 114 valence electrons. The summed E-state index contributed by atoms with van der Waals surface area (Å²) in [4.78, 5) is 16.7. The molecule has 1 heterocycles. The van der Waals surface area contributed by atoms with Crippen LogP contribution in [0.1, 0.15) is 15.9 Å². The summed E-state index contributed by atoms with van der Waals surface area (Å²) in [7, 11) is 2.03. The number of likely N-dealkylation sites (N-methyl/N-ethyl adjacent to an activating group) is 1. The van der Waals surface area contributed by atoms with Crippen LogP contribution in [0.3, 0.4) is 0 Å². The molecule has 2 aromatic rings. The van der Waals surface area contributed by atoms with Gasteiger partial charge in [0.1, 0.15) is 5.82 Å². The highest BCUT2D eigenvalue weighted by Crippen LogP contribution is 2.26. The van der Waals surface area contributed by atoms with E-state index >= 15 is 0 Å². The Labute approximate surface area is 137 Å². The fourth-order valence-electron chi connectivity index (χ4n) is 2.70. The normalized spacial score (nSPS) is 14.5. The third-order valence-electron chi connectivity index (χ3n) is 3.92. The van der Waals surface area contributed by atoms with Gasteiger partial charge in [-0.1, -0.05) is 18.2 Å². The smallest absolute Gasteiger partial charge is 0.255 e. The van der Waals surface area contributed by atoms with Crippen LogP contribution < -0.4 is 4.90 Å². The number of anilines is 1. The molecular weight excluding hydrogens is 347 g/mol. The quantitative estimate of drug-likeness (QED) is 0.772. The molecule has 0 radical (unpaired) electrons. The third-order valence-corrected chi connectivity index (χ3v) is 4.57. The van der Waals surface area contributed by atoms with Gasteiger partial charge in [-0.15, -0.1) is 0 Å². The van der Waals surface area contributed by atoms with Gasteiger partial charge in [0.05, 0.1) is 5.56 Å². The summed E-state index contributed by atoms with van der Waals surface area (Å²) < 4.78 is 13.7. The molecule has 1 aliphatic rings. The molecule has 0 spiro atoms. The summed E-state index contributed by atoms with van der Waals surface area (Å²) in [6, 6.07) is 12.3. The second kappa shape index (κ2) is 6.08. The maximum atomic E-state index is 13.2. The van der Waals surface area contributed by atoms with Gasteiger partial charge in [-0.05, 0) is 45.8 Å². The number of hydrogen-bond acceptors (Lipinski definition) is 2. The van der Waals surface area contributed by atoms with Crippen LogP contribution in [-0.4, -0.2) is 30.9 Å². The molecule has 1 aliphatic heterocycles. The number of carbonyl (C=O) groups excluding carboxylic acids is 1. The van der Waals surface area contributed by atoms with Crippen LogP contribution in [0.5, 0.6) is 0 Å². The molecule has 0 fully saturated rings. The number of hydrogen-bond donors (Lipinski definition) is 0. The number of para-hydroxylation sites is 1. The Kier molecular flexibility index (Phi) is 4.16. The monoisotopic (exact) mass is 362 g/mol. The summed E-state index contributed by atoms with van der Waals surface area (Å²) in [6.45, 7) is 1.96. The Bertz CT molecular complexity index is 720. The van der Waals surface area contributed by atoms with Crippen LogP contribution in [0.2, 0.25) is 0 Å². The predicted octanol–water partition coefficient (Wildman–Crippen LogP) is 3.68. The Morgan fingerprint density at radius 2 is 1.95 bits per heavy atom. The van der Waals surface area contributed by atoms with Crippen molar-refractivity contribution in [2.75, 3.05) is 25.0 Å². The van der Waals surface area contributed by atoms with Crippen molar-refractivity contribution in [1.29, 1.82) is 0 Å². The number of rotatable bonds is 1. The molecule has 0 N–H and O–H groups in total. The van der Waals surface area contributed by atoms with Crippen molar-refractivity contribution in [1.82, 2.24) is 4.90 Å². The molecule has 0 aliphatic carbocycles. The summed E-state index contributed by atoms with van der Waals surface area (Å²) >= 11 is 3.28. The maximum Gasteiger partial charge on any atom is 0.255 e. The number of fused-ring (bicyclic) bond motifs is 1. The van der Waals surface area contributed by atoms with Crippen molar-refractivity contribution in [3.05, 3.63) is 63.9 Å². The number of nitrogens with zero attached hydrogens (tertiary/aromatic N) is 2. The van der Waals surface area contributed by atoms with E-state index in [9.17, 15) is 9.18 Å². The van der Waals surface area contributed by atoms with Gasteiger partial charge >= 0.3 is 0 Å². The van der Waals surface area contributed by atoms with Crippen LogP contribution >= 0.6 is 15.9 Å². The lowest BCUT2D eigenvalue weighted by Gasteiger charge is -2.21. The van der Waals surface area contributed by atoms with Crippen molar-refractivity contribution in [2.45, 2.75) is 6.54 Å². The standard InChI is InChI=1S/C17H16BrFN2O/c1-20-8-9-21(11-12-4-2-3-5-16(12)20)17(22)14-7-6-13(19)10-15(14)18/h2-7,10H,8-9,11H2,1H3. The van der Waals surface area contributed by atoms with Crippen LogP contribution in [0.15, 0.2) is 46.9 Å². The first-order chi connectivity index (χ1) is 10.6. The number of amides is 1. The minimum atomic E-state index is -0.357. The summed E-state index contributed by atoms with van der Waals surface area (Å²) in [5.41, 5.74) is 2.76. The Balaban J connectivity index is 1.91. The predicted molar refractivity (Wildman–Crippen MR) is 88.6 cm³/mol. The average Bonchev–Trinajstić information content (AvgIpc) is 2.67. The number of halogens is 2. The number of benzene rings is 2. The fraction of sp³-hybridized carbons (Fsp3) is 0.235. The molecule has 5 heteroatoms. The summed E-state index contributed by atoms with van der Waals surface area (Å²) in [5, 5.41) is 0. The molecule has 0 aromatic heterocycles. The second-order valence-corrected chi connectivity index (χ2v) is 6.26. The lowest BCUT2D eigenvalue weighted by Crippen LogP contribution is -2.34. The van der Waals surface area contributed by atoms with Gasteiger partial charge in [0.15, 0.2) is 0 Å². The van der Waals surface area contributed by atoms with Gasteiger partial charge in [-0.2, -0.15) is 0 Å². The Morgan fingerprint density at radius 1 is 1.18 bits per heavy atom. The van der Waals surface area contributed by atoms with Gasteiger partial charge in [0.25, 0.3) is 5.91 Å². The first-order valence-corrected chi connectivity index (χ1v) is 7.89. The molecule has 3 nitrogen and oxygen atoms in total. The molecular formula is C17H16BrFN2O. The van der Waals surface area contributed by atoms with Gasteiger partial charge in [0, 0.05) is 36.8 Å². The maximum absolute atomic E-state index is 13.2. The SMILES string of the molecule is CN1CCN(C(=O)c2ccc(F)cc2Br)Cc2ccccc21. The Hall–Kier alpha value is -1.88. The van der Waals surface area contributed by atoms with E-state index in [1.165, 1.54) is 18.2 Å². The number of carbonyl (C=O) groups is 1. The summed E-state index contributed by atoms with van der Waals surface area (Å²) in [6.07, 6.45) is 0. The van der Waals surface area contributed by atoms with Crippen molar-refractivity contribution in [3.63, 3.8) is 0 Å². The molecule has 22 heavy (non-hydrogen) atoms. The van der Waals surface area contributed by atoms with E-state index in [0.29, 0.717) is 23.1 Å². The van der Waals surface area contributed by atoms with Crippen molar-refractivity contribution < 1.29 is 9.18 Å². The van der Waals surface area contributed by atoms with E-state index < -0.39 is 0 Å². The van der Waals surface area contributed by atoms with Crippen molar-refractivity contribution in [3.8, 4) is 0 Å². The zero-order valence-corrected chi connectivity index (χ0v) is 13.8. The van der Waals surface area contributed by atoms with E-state index in [4.69, 9.17) is 0 Å². The van der Waals surface area contributed by atoms with Crippen LogP contribution in [0.25, 0.3) is 0 Å². The Morgan fingerprint density at radius 3 is 2.73 bits per heavy atom. The molecule has 3 rings (SSSR count). The van der Waals surface area contributed by atoms with E-state index in [0.717, 1.165) is 17.8 Å². The van der Waals surface area contributed by atoms with E-state index in [-0.39, 0.29) is 11.7 Å². The highest BCUT2D eigenvalue weighted by Gasteiger charge is 2.23. The van der Waals surface area contributed by atoms with Gasteiger partial charge in [0.2, 0.25) is 0 Å². The average molecular weight is 363 g/mol. The zero-order chi connectivity index (χ0) is 15.7. The van der Waals surface area contributed by atoms with E-state index in [1.807, 2.05) is 25.2 Å². The largest absolute Gasteiger partial charge is 0.373 e. The molecule has 1 amide bonds. The molecule has 2 aromatic carbocycles. The van der Waals surface area contributed by atoms with Crippen LogP contribution in [-0.2, 0) is 6.54 Å². The van der Waals surface area contributed by atoms with Gasteiger partial charge in [-0.3, -0.25) is 4.79 Å². The lowest BCUT2D eigenvalue weighted by atomic mass is 10.1. The molecule has 0 atom stereocenters. The van der Waals surface area contributed by atoms with E-state index in [1.54, 1.807) is 4.90 Å². The molecule has 0 saturated heterocycles. The highest BCUT2D eigenvalue weighted by atomic mass is 79.9. The summed E-state index contributed by atoms with van der Waals surface area (Å²) in [5.74, 6) is -0.443. The van der Waals surface area contributed by atoms with Gasteiger partial charge < -0.3 is 9.80 Å². The topological polar surface area (TPSA) is 23.6 Å². The van der Waals surface area contributed by atoms with Crippen LogP contribution in [0.4, 0.5) is 10.1 Å². The molecule has 0 unspecified atom stereocenters. The second-order valence-electron chi connectivity index (χ2n) is 5.40. The minimum Gasteiger partial charge on any atom is -0.373 e. The van der Waals surface area contributed by atoms with Gasteiger partial charge in [-0.25, -0.2) is 4.39 Å². The van der Waals surface area contributed by atoms with E-state index in [2.05, 4.69) is 26.9 Å². The fourth-order valence-corrected chi connectivity index (χ4v) is 3.22. The lowest BCUT2D eigenvalue weighted by molar-refractivity contribution is 0.0751.